The molecule has 0 aliphatic carbocycles. The first-order chi connectivity index (χ1) is 25.0. The van der Waals surface area contributed by atoms with Crippen LogP contribution in [0, 0.1) is 6.92 Å². The van der Waals surface area contributed by atoms with E-state index in [1.54, 1.807) is 4.80 Å². The largest absolute Gasteiger partial charge is 0.712 e. The molecule has 0 radical (unpaired) electrons. The van der Waals surface area contributed by atoms with E-state index in [1.165, 1.54) is 5.56 Å². The van der Waals surface area contributed by atoms with Crippen molar-refractivity contribution in [1.29, 1.82) is 0 Å². The van der Waals surface area contributed by atoms with Gasteiger partial charge in [0.05, 0.1) is 12.2 Å². The SMILES string of the molecule is CCCCc1nc(Cl)c(CN=[N-])n1Cc1ccc(-c2ccccc2-c2nnn(C(c3ccccc3)(c3ccccc3)c3ccc(C)cc3)n2)cc1. The van der Waals surface area contributed by atoms with Gasteiger partial charge in [-0.25, -0.2) is 4.98 Å². The molecule has 0 amide bonds. The molecule has 0 aliphatic heterocycles. The number of aromatic nitrogens is 6. The second-order valence-electron chi connectivity index (χ2n) is 12.7. The van der Waals surface area contributed by atoms with Crippen molar-refractivity contribution in [2.24, 2.45) is 5.11 Å². The van der Waals surface area contributed by atoms with Gasteiger partial charge in [-0.3, -0.25) is 0 Å². The third-order valence-corrected chi connectivity index (χ3v) is 9.72. The van der Waals surface area contributed by atoms with Crippen LogP contribution in [0.2, 0.25) is 5.15 Å². The van der Waals surface area contributed by atoms with Crippen LogP contribution in [0.15, 0.2) is 139 Å². The highest BCUT2D eigenvalue weighted by molar-refractivity contribution is 6.30. The second-order valence-corrected chi connectivity index (χ2v) is 13.1. The molecule has 5 aromatic carbocycles. The van der Waals surface area contributed by atoms with Crippen molar-refractivity contribution >= 4 is 11.6 Å². The van der Waals surface area contributed by atoms with Crippen LogP contribution in [0.5, 0.6) is 0 Å². The summed E-state index contributed by atoms with van der Waals surface area (Å²) in [6, 6.07) is 45.9. The number of aryl methyl sites for hydroxylation is 2. The zero-order valence-electron chi connectivity index (χ0n) is 28.7. The normalized spacial score (nSPS) is 11.5. The van der Waals surface area contributed by atoms with E-state index < -0.39 is 5.54 Å². The fourth-order valence-electron chi connectivity index (χ4n) is 6.80. The van der Waals surface area contributed by atoms with Gasteiger partial charge in [-0.05, 0) is 51.9 Å². The van der Waals surface area contributed by atoms with Crippen LogP contribution >= 0.6 is 11.6 Å². The van der Waals surface area contributed by atoms with Crippen molar-refractivity contribution in [2.75, 3.05) is 0 Å². The highest BCUT2D eigenvalue weighted by Crippen LogP contribution is 2.40. The number of unbranched alkanes of at least 4 members (excludes halogenated alkanes) is 1. The fourth-order valence-corrected chi connectivity index (χ4v) is 7.06. The minimum Gasteiger partial charge on any atom is -0.712 e. The number of hydrogen-bond donors (Lipinski definition) is 0. The summed E-state index contributed by atoms with van der Waals surface area (Å²) in [5.41, 5.74) is 17.4. The lowest BCUT2D eigenvalue weighted by Gasteiger charge is -2.34. The molecule has 7 aromatic rings. The van der Waals surface area contributed by atoms with Gasteiger partial charge in [0.15, 0.2) is 10.7 Å². The van der Waals surface area contributed by atoms with Gasteiger partial charge in [-0.2, -0.15) is 0 Å². The molecule has 0 atom stereocenters. The van der Waals surface area contributed by atoms with Crippen molar-refractivity contribution in [3.63, 3.8) is 0 Å². The molecule has 0 N–H and O–H groups in total. The standard InChI is InChI=1S/C42H38ClN8/c1-3-4-19-39-46-40(43)38(28-45-44)50(39)29-31-22-24-32(25-23-31)36-17-11-12-18-37(36)41-47-49-51(48-41)42(33-13-7-5-8-14-33,34-15-9-6-10-16-34)35-26-20-30(2)21-27-35/h5-18,20-27H,3-4,19,28-29H2,1-2H3/q-1. The first-order valence-electron chi connectivity index (χ1n) is 17.2. The third kappa shape index (κ3) is 6.62. The Morgan fingerprint density at radius 1 is 0.745 bits per heavy atom. The Morgan fingerprint density at radius 2 is 1.35 bits per heavy atom. The van der Waals surface area contributed by atoms with E-state index in [0.717, 1.165) is 64.0 Å². The number of benzene rings is 5. The molecule has 9 heteroatoms. The van der Waals surface area contributed by atoms with E-state index in [0.29, 0.717) is 23.2 Å². The van der Waals surface area contributed by atoms with Gasteiger partial charge in [-0.15, -0.1) is 15.0 Å². The van der Waals surface area contributed by atoms with Crippen LogP contribution < -0.4 is 0 Å². The molecule has 2 aromatic heterocycles. The monoisotopic (exact) mass is 689 g/mol. The molecular weight excluding hydrogens is 652 g/mol. The van der Waals surface area contributed by atoms with Crippen LogP contribution in [0.1, 0.15) is 59.1 Å². The summed E-state index contributed by atoms with van der Waals surface area (Å²) < 4.78 is 2.07. The molecule has 0 saturated heterocycles. The zero-order chi connectivity index (χ0) is 35.2. The lowest BCUT2D eigenvalue weighted by molar-refractivity contribution is 0.395. The molecule has 254 valence electrons. The van der Waals surface area contributed by atoms with Gasteiger partial charge in [0, 0.05) is 18.5 Å². The number of imidazole rings is 1. The summed E-state index contributed by atoms with van der Waals surface area (Å²) in [5.74, 6) is 1.43. The van der Waals surface area contributed by atoms with Gasteiger partial charge < -0.3 is 15.2 Å². The molecule has 0 spiro atoms. The summed E-state index contributed by atoms with van der Waals surface area (Å²) in [6.45, 7) is 4.91. The maximum Gasteiger partial charge on any atom is 0.205 e. The van der Waals surface area contributed by atoms with E-state index in [9.17, 15) is 5.53 Å². The van der Waals surface area contributed by atoms with Crippen LogP contribution in [0.25, 0.3) is 28.0 Å². The Kier molecular flexibility index (Phi) is 9.94. The third-order valence-electron chi connectivity index (χ3n) is 9.42. The first-order valence-corrected chi connectivity index (χ1v) is 17.6. The minimum absolute atomic E-state index is 0.0941. The number of tetrazole rings is 1. The average Bonchev–Trinajstić information content (AvgIpc) is 3.78. The summed E-state index contributed by atoms with van der Waals surface area (Å²) in [4.78, 5) is 6.35. The van der Waals surface area contributed by atoms with Crippen molar-refractivity contribution < 1.29 is 0 Å². The smallest absolute Gasteiger partial charge is 0.205 e. The fraction of sp³-hybridized carbons (Fsp3) is 0.190. The Balaban J connectivity index is 1.28. The van der Waals surface area contributed by atoms with Gasteiger partial charge in [-0.1, -0.05) is 164 Å². The zero-order valence-corrected chi connectivity index (χ0v) is 29.4. The summed E-state index contributed by atoms with van der Waals surface area (Å²) in [7, 11) is 0. The van der Waals surface area contributed by atoms with E-state index in [2.05, 4.69) is 107 Å². The Hall–Kier alpha value is -5.73. The molecule has 0 aliphatic rings. The van der Waals surface area contributed by atoms with Crippen LogP contribution in [-0.2, 0) is 25.0 Å². The van der Waals surface area contributed by atoms with Gasteiger partial charge >= 0.3 is 0 Å². The maximum atomic E-state index is 9.34. The molecule has 0 fully saturated rings. The highest BCUT2D eigenvalue weighted by atomic mass is 35.5. The molecular formula is C42H38ClN8-. The molecule has 2 heterocycles. The van der Waals surface area contributed by atoms with Crippen molar-refractivity contribution in [3.05, 3.63) is 183 Å². The van der Waals surface area contributed by atoms with Crippen molar-refractivity contribution in [1.82, 2.24) is 29.8 Å². The van der Waals surface area contributed by atoms with Gasteiger partial charge in [0.1, 0.15) is 5.82 Å². The predicted octanol–water partition coefficient (Wildman–Crippen LogP) is 9.92. The van der Waals surface area contributed by atoms with E-state index in [4.69, 9.17) is 27.0 Å². The quantitative estimate of drug-likeness (QED) is 0.0889. The topological polar surface area (TPSA) is 96.1 Å². The molecule has 0 unspecified atom stereocenters. The maximum absolute atomic E-state index is 9.34. The molecule has 8 nitrogen and oxygen atoms in total. The summed E-state index contributed by atoms with van der Waals surface area (Å²) in [5, 5.41) is 18.4. The molecule has 7 rings (SSSR count). The predicted molar refractivity (Wildman–Crippen MR) is 202 cm³/mol. The molecule has 0 bridgehead atoms. The van der Waals surface area contributed by atoms with Gasteiger partial charge in [0.25, 0.3) is 0 Å². The minimum atomic E-state index is -0.869. The van der Waals surface area contributed by atoms with Crippen molar-refractivity contribution in [2.45, 2.75) is 51.7 Å². The number of rotatable bonds is 13. The highest BCUT2D eigenvalue weighted by Gasteiger charge is 2.41. The van der Waals surface area contributed by atoms with Gasteiger partial charge in [0.2, 0.25) is 5.82 Å². The Bertz CT molecular complexity index is 2180. The number of nitrogens with zero attached hydrogens (tertiary/aromatic N) is 8. The average molecular weight is 690 g/mol. The van der Waals surface area contributed by atoms with Crippen LogP contribution in [0.4, 0.5) is 0 Å². The van der Waals surface area contributed by atoms with Crippen LogP contribution in [-0.4, -0.2) is 29.8 Å². The van der Waals surface area contributed by atoms with Crippen molar-refractivity contribution in [3.8, 4) is 22.5 Å². The van der Waals surface area contributed by atoms with Crippen LogP contribution in [0.3, 0.4) is 0 Å². The summed E-state index contributed by atoms with van der Waals surface area (Å²) >= 11 is 6.47. The first kappa shape index (κ1) is 33.8. The Labute approximate surface area is 303 Å². The lowest BCUT2D eigenvalue weighted by Crippen LogP contribution is -2.39. The second kappa shape index (κ2) is 15.0. The number of halogens is 1. The molecule has 0 saturated carbocycles. The van der Waals surface area contributed by atoms with E-state index in [-0.39, 0.29) is 6.54 Å². The van der Waals surface area contributed by atoms with E-state index >= 15 is 0 Å². The summed E-state index contributed by atoms with van der Waals surface area (Å²) in [6.07, 6.45) is 2.85. The lowest BCUT2D eigenvalue weighted by atomic mass is 9.77. The number of hydrogen-bond acceptors (Lipinski definition) is 5. The Morgan fingerprint density at radius 3 is 1.98 bits per heavy atom. The van der Waals surface area contributed by atoms with E-state index in [1.807, 2.05) is 54.6 Å². The molecule has 51 heavy (non-hydrogen) atoms.